The Morgan fingerprint density at radius 1 is 1.24 bits per heavy atom. The fraction of sp³-hybridized carbons (Fsp3) is 0.615. The predicted octanol–water partition coefficient (Wildman–Crippen LogP) is 6.16. The normalized spacial score (nSPS) is 17.1. The number of aromatic nitrogens is 2. The van der Waals surface area contributed by atoms with E-state index < -0.39 is 13.9 Å². The molecule has 0 spiro atoms. The number of piperidine rings is 1. The smallest absolute Gasteiger partial charge is 0.410 e. The van der Waals surface area contributed by atoms with E-state index in [4.69, 9.17) is 9.72 Å². The first-order valence-electron chi connectivity index (χ1n) is 12.1. The van der Waals surface area contributed by atoms with Crippen molar-refractivity contribution in [3.63, 3.8) is 0 Å². The molecule has 0 saturated carbocycles. The molecule has 8 heteroatoms. The van der Waals surface area contributed by atoms with Crippen LogP contribution in [0.25, 0.3) is 11.3 Å². The van der Waals surface area contributed by atoms with Crippen LogP contribution in [0.4, 0.5) is 9.18 Å². The van der Waals surface area contributed by atoms with E-state index >= 15 is 0 Å². The number of carbonyl (C=O) groups is 1. The number of carbonyl (C=O) groups excluding carboxylic acids is 1. The molecule has 1 saturated heterocycles. The third kappa shape index (κ3) is 5.71. The number of likely N-dealkylation sites (tertiary alicyclic amines) is 1. The second-order valence-electron chi connectivity index (χ2n) is 12.0. The highest BCUT2D eigenvalue weighted by Gasteiger charge is 2.49. The number of hydrogen-bond acceptors (Lipinski definition) is 4. The molecule has 2 heterocycles. The van der Waals surface area contributed by atoms with E-state index in [2.05, 4.69) is 18.8 Å². The summed E-state index contributed by atoms with van der Waals surface area (Å²) in [6.07, 6.45) is 3.77. The molecule has 6 nitrogen and oxygen atoms in total. The third-order valence-electron chi connectivity index (χ3n) is 7.34. The van der Waals surface area contributed by atoms with E-state index in [0.717, 1.165) is 36.3 Å². The Morgan fingerprint density at radius 3 is 2.38 bits per heavy atom. The van der Waals surface area contributed by atoms with Gasteiger partial charge in [0.25, 0.3) is 0 Å². The quantitative estimate of drug-likeness (QED) is 0.493. The van der Waals surface area contributed by atoms with Gasteiger partial charge in [-0.15, -0.1) is 0 Å². The van der Waals surface area contributed by atoms with Crippen LogP contribution in [0.3, 0.4) is 0 Å². The van der Waals surface area contributed by atoms with Gasteiger partial charge in [0.15, 0.2) is 8.32 Å². The lowest BCUT2D eigenvalue weighted by Gasteiger charge is -2.47. The topological polar surface area (TPSA) is 78.5 Å². The monoisotopic (exact) mass is 489 g/mol. The highest BCUT2D eigenvalue weighted by atomic mass is 28.4. The molecule has 0 atom stereocenters. The molecule has 0 radical (unpaired) electrons. The van der Waals surface area contributed by atoms with E-state index in [1.807, 2.05) is 40.1 Å². The fourth-order valence-corrected chi connectivity index (χ4v) is 5.32. The summed E-state index contributed by atoms with van der Waals surface area (Å²) in [5.74, 6) is 0.627. The third-order valence-corrected chi connectivity index (χ3v) is 10.8. The second-order valence-corrected chi connectivity index (χ2v) is 16.4. The van der Waals surface area contributed by atoms with Crippen molar-refractivity contribution in [1.82, 2.24) is 14.9 Å². The van der Waals surface area contributed by atoms with Gasteiger partial charge in [-0.2, -0.15) is 0 Å². The molecule has 1 aromatic carbocycles. The maximum atomic E-state index is 13.8. The molecule has 1 aliphatic heterocycles. The average molecular weight is 490 g/mol. The first kappa shape index (κ1) is 26.4. The summed E-state index contributed by atoms with van der Waals surface area (Å²) in [5, 5.41) is -0.263. The number of H-pyrrole nitrogens is 1. The van der Waals surface area contributed by atoms with Gasteiger partial charge in [0.1, 0.15) is 17.2 Å². The average Bonchev–Trinajstić information content (AvgIpc) is 3.19. The Bertz CT molecular complexity index is 1030. The first-order valence-corrected chi connectivity index (χ1v) is 15.0. The molecular formula is C26H40FN3O3Si. The number of imidazole rings is 1. The van der Waals surface area contributed by atoms with E-state index in [0.29, 0.717) is 18.7 Å². The molecule has 1 aromatic heterocycles. The van der Waals surface area contributed by atoms with E-state index in [1.165, 1.54) is 6.07 Å². The maximum absolute atomic E-state index is 13.8. The minimum Gasteiger partial charge on any atom is -0.444 e. The summed E-state index contributed by atoms with van der Waals surface area (Å²) in [4.78, 5) is 33.8. The lowest BCUT2D eigenvalue weighted by molar-refractivity contribution is 0.0147. The van der Waals surface area contributed by atoms with Crippen molar-refractivity contribution in [2.75, 3.05) is 13.1 Å². The number of ether oxygens (including phenoxy) is 1. The van der Waals surface area contributed by atoms with E-state index in [9.17, 15) is 14.0 Å². The number of nitrogens with zero attached hydrogens (tertiary/aromatic N) is 2. The van der Waals surface area contributed by atoms with Gasteiger partial charge in [-0.05, 0) is 88.9 Å². The van der Waals surface area contributed by atoms with Crippen LogP contribution in [0, 0.1) is 12.7 Å². The lowest BCUT2D eigenvalue weighted by atomic mass is 9.71. The largest absolute Gasteiger partial charge is 0.444 e. The fourth-order valence-electron chi connectivity index (χ4n) is 4.55. The Morgan fingerprint density at radius 2 is 1.85 bits per heavy atom. The van der Waals surface area contributed by atoms with Crippen molar-refractivity contribution in [2.24, 2.45) is 0 Å². The van der Waals surface area contributed by atoms with E-state index in [-0.39, 0.29) is 22.4 Å². The number of aryl methyl sites for hydroxylation is 1. The number of rotatable bonds is 5. The highest BCUT2D eigenvalue weighted by Crippen LogP contribution is 2.50. The molecular weight excluding hydrogens is 449 g/mol. The summed E-state index contributed by atoms with van der Waals surface area (Å²) in [6, 6.07) is 5.02. The summed E-state index contributed by atoms with van der Waals surface area (Å²) in [6.45, 7) is 16.7. The van der Waals surface area contributed by atoms with Gasteiger partial charge in [-0.3, -0.25) is 0 Å². The number of hydrogen-bond donors (Lipinski definition) is 2. The Balaban J connectivity index is 1.92. The number of halogens is 1. The number of benzene rings is 1. The van der Waals surface area contributed by atoms with Crippen molar-refractivity contribution in [2.45, 2.75) is 90.0 Å². The summed E-state index contributed by atoms with van der Waals surface area (Å²) < 4.78 is 19.4. The van der Waals surface area contributed by atoms with Crippen LogP contribution >= 0.6 is 0 Å². The van der Waals surface area contributed by atoms with Crippen LogP contribution in [-0.2, 0) is 10.2 Å². The van der Waals surface area contributed by atoms with Crippen molar-refractivity contribution in [1.29, 1.82) is 0 Å². The zero-order valence-corrected chi connectivity index (χ0v) is 22.9. The van der Waals surface area contributed by atoms with E-state index in [1.54, 1.807) is 24.0 Å². The van der Waals surface area contributed by atoms with Gasteiger partial charge in [0.2, 0.25) is 0 Å². The molecule has 3 rings (SSSR count). The molecule has 34 heavy (non-hydrogen) atoms. The molecule has 0 unspecified atom stereocenters. The molecule has 188 valence electrons. The van der Waals surface area contributed by atoms with Crippen LogP contribution in [-0.4, -0.2) is 52.8 Å². The van der Waals surface area contributed by atoms with Crippen molar-refractivity contribution >= 4 is 14.4 Å². The molecule has 2 aromatic rings. The standard InChI is InChI=1S/C26H40FN3O3Si/c1-18-15-19(9-10-20(18)27)21-16-28-22(29-21)26(17-25(5,6)34(7,8)32)11-13-30(14-12-26)23(31)33-24(2,3)4/h9-10,15-16,32H,11-14,17H2,1-8H3,(H,28,29). The lowest BCUT2D eigenvalue weighted by Crippen LogP contribution is -2.50. The van der Waals surface area contributed by atoms with Gasteiger partial charge in [-0.25, -0.2) is 14.2 Å². The van der Waals surface area contributed by atoms with Crippen molar-refractivity contribution in [3.05, 3.63) is 41.6 Å². The Hall–Kier alpha value is -2.19. The number of aromatic amines is 1. The number of amides is 1. The summed E-state index contributed by atoms with van der Waals surface area (Å²) in [5.41, 5.74) is 1.35. The van der Waals surface area contributed by atoms with Gasteiger partial charge >= 0.3 is 6.09 Å². The Kier molecular flexibility index (Phi) is 7.08. The van der Waals surface area contributed by atoms with Gasteiger partial charge in [0.05, 0.1) is 5.69 Å². The minimum atomic E-state index is -2.48. The summed E-state index contributed by atoms with van der Waals surface area (Å²) in [7, 11) is -2.48. The molecule has 0 aliphatic carbocycles. The van der Waals surface area contributed by atoms with Crippen LogP contribution in [0.2, 0.25) is 18.1 Å². The van der Waals surface area contributed by atoms with Gasteiger partial charge in [0, 0.05) is 30.3 Å². The van der Waals surface area contributed by atoms with Crippen molar-refractivity contribution in [3.8, 4) is 11.3 Å². The molecule has 1 amide bonds. The van der Waals surface area contributed by atoms with Crippen LogP contribution < -0.4 is 0 Å². The van der Waals surface area contributed by atoms with Gasteiger partial charge < -0.3 is 19.4 Å². The zero-order valence-electron chi connectivity index (χ0n) is 21.9. The van der Waals surface area contributed by atoms with Crippen LogP contribution in [0.5, 0.6) is 0 Å². The highest BCUT2D eigenvalue weighted by molar-refractivity contribution is 6.72. The Labute approximate surface area is 204 Å². The molecule has 0 bridgehead atoms. The SMILES string of the molecule is Cc1cc(-c2c[nH]c(C3(CC(C)(C)[Si](C)(C)O)CCN(C(=O)OC(C)(C)C)CC3)n2)ccc1F. The predicted molar refractivity (Wildman–Crippen MR) is 136 cm³/mol. The number of nitrogens with one attached hydrogen (secondary N) is 1. The molecule has 1 aliphatic rings. The molecule has 2 N–H and O–H groups in total. The van der Waals surface area contributed by atoms with Crippen LogP contribution in [0.15, 0.2) is 24.4 Å². The van der Waals surface area contributed by atoms with Crippen LogP contribution in [0.1, 0.15) is 65.3 Å². The van der Waals surface area contributed by atoms with Crippen molar-refractivity contribution < 1.29 is 18.7 Å². The summed E-state index contributed by atoms with van der Waals surface area (Å²) >= 11 is 0. The van der Waals surface area contributed by atoms with Gasteiger partial charge in [-0.1, -0.05) is 13.8 Å². The first-order chi connectivity index (χ1) is 15.5. The zero-order chi connectivity index (χ0) is 25.5. The minimum absolute atomic E-state index is 0.234. The maximum Gasteiger partial charge on any atom is 0.410 e. The molecule has 1 fully saturated rings. The second kappa shape index (κ2) is 9.11.